The lowest BCUT2D eigenvalue weighted by Crippen LogP contribution is -2.27. The molecule has 0 aliphatic carbocycles. The first-order valence-electron chi connectivity index (χ1n) is 7.83. The molecular weight excluding hydrogens is 344 g/mol. The van der Waals surface area contributed by atoms with Crippen LogP contribution in [0.2, 0.25) is 0 Å². The second-order valence-electron chi connectivity index (χ2n) is 5.70. The minimum atomic E-state index is -0.747. The third kappa shape index (κ3) is 3.72. The van der Waals surface area contributed by atoms with Crippen LogP contribution in [0.5, 0.6) is 5.75 Å². The normalized spacial score (nSPS) is 12.0. The van der Waals surface area contributed by atoms with Crippen LogP contribution in [0, 0.1) is 11.6 Å². The first kappa shape index (κ1) is 17.6. The van der Waals surface area contributed by atoms with E-state index in [2.05, 4.69) is 0 Å². The topological polar surface area (TPSA) is 57.5 Å². The number of ketones is 1. The van der Waals surface area contributed by atoms with Gasteiger partial charge in [0.15, 0.2) is 12.9 Å². The van der Waals surface area contributed by atoms with Crippen molar-refractivity contribution in [1.29, 1.82) is 0 Å². The van der Waals surface area contributed by atoms with Gasteiger partial charge in [0.2, 0.25) is 5.78 Å². The van der Waals surface area contributed by atoms with Gasteiger partial charge in [0.25, 0.3) is 0 Å². The summed E-state index contributed by atoms with van der Waals surface area (Å²) in [6, 6.07) is 9.91. The molecule has 134 valence electrons. The van der Waals surface area contributed by atoms with Gasteiger partial charge in [-0.3, -0.25) is 9.59 Å². The molecule has 3 rings (SSSR count). The van der Waals surface area contributed by atoms with E-state index in [4.69, 9.17) is 9.57 Å². The van der Waals surface area contributed by atoms with E-state index < -0.39 is 23.5 Å². The first-order chi connectivity index (χ1) is 12.5. The van der Waals surface area contributed by atoms with E-state index in [9.17, 15) is 18.4 Å². The maximum Gasteiger partial charge on any atom is 0.245 e. The molecule has 2 aromatic carbocycles. The molecule has 5 nitrogen and oxygen atoms in total. The molecular formula is C19H15F2NO4. The lowest BCUT2D eigenvalue weighted by molar-refractivity contribution is -0.104. The molecule has 0 radical (unpaired) electrons. The third-order valence-corrected chi connectivity index (χ3v) is 3.65. The standard InChI is InChI=1S/C19H15F2NO4/c1-12(26-16-7-14(20)6-15(21)8-16)11-25-22-9-13-4-2-3-5-17(13)19(22)18(24)10-23/h2-10,12H,11H2,1H3. The number of Topliss-reactive ketones (excluding diaryl/α,β-unsaturated/α-hetero) is 1. The molecule has 0 aliphatic heterocycles. The SMILES string of the molecule is CC(COn1cc2ccccc2c1C(=O)C=O)Oc1cc(F)cc(F)c1. The van der Waals surface area contributed by atoms with Gasteiger partial charge in [0.1, 0.15) is 29.2 Å². The van der Waals surface area contributed by atoms with Gasteiger partial charge in [-0.05, 0) is 6.92 Å². The fourth-order valence-electron chi connectivity index (χ4n) is 2.58. The minimum absolute atomic E-state index is 0.0156. The summed E-state index contributed by atoms with van der Waals surface area (Å²) in [5.74, 6) is -2.18. The van der Waals surface area contributed by atoms with Crippen molar-refractivity contribution in [3.05, 3.63) is 66.0 Å². The van der Waals surface area contributed by atoms with Crippen LogP contribution in [0.15, 0.2) is 48.7 Å². The zero-order valence-corrected chi connectivity index (χ0v) is 13.8. The van der Waals surface area contributed by atoms with E-state index >= 15 is 0 Å². The number of nitrogens with zero attached hydrogens (tertiary/aromatic N) is 1. The summed E-state index contributed by atoms with van der Waals surface area (Å²) in [5, 5.41) is 1.32. The van der Waals surface area contributed by atoms with Gasteiger partial charge in [-0.25, -0.2) is 8.78 Å². The Kier molecular flexibility index (Phi) is 4.97. The maximum atomic E-state index is 13.2. The second-order valence-corrected chi connectivity index (χ2v) is 5.70. The number of fused-ring (bicyclic) bond motifs is 1. The van der Waals surface area contributed by atoms with Crippen LogP contribution in [0.1, 0.15) is 17.4 Å². The monoisotopic (exact) mass is 359 g/mol. The predicted octanol–water partition coefficient (Wildman–Crippen LogP) is 3.20. The molecule has 0 bridgehead atoms. The van der Waals surface area contributed by atoms with Crippen molar-refractivity contribution in [2.24, 2.45) is 0 Å². The first-order valence-corrected chi connectivity index (χ1v) is 7.83. The molecule has 0 aliphatic rings. The fraction of sp³-hybridized carbons (Fsp3) is 0.158. The van der Waals surface area contributed by atoms with Gasteiger partial charge >= 0.3 is 0 Å². The molecule has 7 heteroatoms. The van der Waals surface area contributed by atoms with Crippen molar-refractivity contribution in [2.75, 3.05) is 6.61 Å². The van der Waals surface area contributed by atoms with E-state index in [0.29, 0.717) is 5.39 Å². The number of ether oxygens (including phenoxy) is 1. The fourth-order valence-corrected chi connectivity index (χ4v) is 2.58. The van der Waals surface area contributed by atoms with Crippen molar-refractivity contribution in [2.45, 2.75) is 13.0 Å². The van der Waals surface area contributed by atoms with Crippen LogP contribution in [0.3, 0.4) is 0 Å². The average Bonchev–Trinajstić information content (AvgIpc) is 2.96. The molecule has 0 amide bonds. The Morgan fingerprint density at radius 2 is 1.88 bits per heavy atom. The van der Waals surface area contributed by atoms with Crippen molar-refractivity contribution in [1.82, 2.24) is 4.73 Å². The lowest BCUT2D eigenvalue weighted by atomic mass is 10.1. The molecule has 1 unspecified atom stereocenters. The zero-order chi connectivity index (χ0) is 18.7. The Morgan fingerprint density at radius 1 is 1.19 bits per heavy atom. The number of benzene rings is 2. The maximum absolute atomic E-state index is 13.2. The Labute approximate surface area is 147 Å². The van der Waals surface area contributed by atoms with Crippen LogP contribution < -0.4 is 9.57 Å². The Balaban J connectivity index is 1.76. The zero-order valence-electron chi connectivity index (χ0n) is 13.8. The number of aromatic nitrogens is 1. The number of carbonyl (C=O) groups is 2. The number of hydrogen-bond acceptors (Lipinski definition) is 4. The van der Waals surface area contributed by atoms with Crippen LogP contribution >= 0.6 is 0 Å². The summed E-state index contributed by atoms with van der Waals surface area (Å²) in [7, 11) is 0. The number of rotatable bonds is 7. The molecule has 0 N–H and O–H groups in total. The van der Waals surface area contributed by atoms with Crippen LogP contribution in [-0.4, -0.2) is 29.5 Å². The molecule has 26 heavy (non-hydrogen) atoms. The Morgan fingerprint density at radius 3 is 2.58 bits per heavy atom. The Hall–Kier alpha value is -3.22. The quantitative estimate of drug-likeness (QED) is 0.369. The highest BCUT2D eigenvalue weighted by Crippen LogP contribution is 2.21. The van der Waals surface area contributed by atoms with Crippen LogP contribution in [-0.2, 0) is 4.79 Å². The minimum Gasteiger partial charge on any atom is -0.487 e. The highest BCUT2D eigenvalue weighted by molar-refractivity contribution is 6.35. The van der Waals surface area contributed by atoms with Gasteiger partial charge in [0.05, 0.1) is 6.20 Å². The third-order valence-electron chi connectivity index (χ3n) is 3.65. The molecule has 1 heterocycles. The van der Waals surface area contributed by atoms with Gasteiger partial charge in [-0.15, -0.1) is 0 Å². The summed E-state index contributed by atoms with van der Waals surface area (Å²) in [5.41, 5.74) is 0.111. The molecule has 3 aromatic rings. The number of halogens is 2. The van der Waals surface area contributed by atoms with Crippen molar-refractivity contribution in [3.63, 3.8) is 0 Å². The van der Waals surface area contributed by atoms with E-state index in [1.165, 1.54) is 4.73 Å². The van der Waals surface area contributed by atoms with E-state index in [1.807, 2.05) is 0 Å². The van der Waals surface area contributed by atoms with Gasteiger partial charge in [0, 0.05) is 29.0 Å². The number of carbonyl (C=O) groups excluding carboxylic acids is 2. The summed E-state index contributed by atoms with van der Waals surface area (Å²) < 4.78 is 33.0. The van der Waals surface area contributed by atoms with Crippen LogP contribution in [0.25, 0.3) is 10.8 Å². The molecule has 0 spiro atoms. The summed E-state index contributed by atoms with van der Waals surface area (Å²) >= 11 is 0. The van der Waals surface area contributed by atoms with E-state index in [0.717, 1.165) is 23.6 Å². The number of aldehydes is 1. The lowest BCUT2D eigenvalue weighted by Gasteiger charge is -2.16. The smallest absolute Gasteiger partial charge is 0.245 e. The molecule has 0 fully saturated rings. The van der Waals surface area contributed by atoms with Gasteiger partial charge in [-0.2, -0.15) is 4.73 Å². The predicted molar refractivity (Wildman–Crippen MR) is 90.2 cm³/mol. The second kappa shape index (κ2) is 7.35. The summed E-state index contributed by atoms with van der Waals surface area (Å²) in [4.78, 5) is 28.4. The highest BCUT2D eigenvalue weighted by atomic mass is 19.1. The van der Waals surface area contributed by atoms with Crippen molar-refractivity contribution >= 4 is 22.8 Å². The van der Waals surface area contributed by atoms with Crippen molar-refractivity contribution < 1.29 is 27.9 Å². The molecule has 0 saturated carbocycles. The average molecular weight is 359 g/mol. The molecule has 1 aromatic heterocycles. The Bertz CT molecular complexity index is 947. The van der Waals surface area contributed by atoms with E-state index in [1.54, 1.807) is 37.4 Å². The molecule has 1 atom stereocenters. The highest BCUT2D eigenvalue weighted by Gasteiger charge is 2.18. The van der Waals surface area contributed by atoms with Crippen molar-refractivity contribution in [3.8, 4) is 5.75 Å². The number of hydrogen-bond donors (Lipinski definition) is 0. The van der Waals surface area contributed by atoms with E-state index in [-0.39, 0.29) is 24.3 Å². The van der Waals surface area contributed by atoms with Crippen LogP contribution in [0.4, 0.5) is 8.78 Å². The summed E-state index contributed by atoms with van der Waals surface area (Å²) in [6.07, 6.45) is 1.23. The van der Waals surface area contributed by atoms with Gasteiger partial charge in [-0.1, -0.05) is 24.3 Å². The summed E-state index contributed by atoms with van der Waals surface area (Å²) in [6.45, 7) is 1.63. The largest absolute Gasteiger partial charge is 0.487 e. The molecule has 0 saturated heterocycles. The van der Waals surface area contributed by atoms with Gasteiger partial charge < -0.3 is 9.57 Å².